The van der Waals surface area contributed by atoms with Crippen molar-refractivity contribution >= 4 is 27.2 Å². The first-order valence-electron chi connectivity index (χ1n) is 13.4. The van der Waals surface area contributed by atoms with E-state index in [-0.39, 0.29) is 0 Å². The maximum Gasteiger partial charge on any atom is 0.0366 e. The standard InChI is InChI=1S/C11H17N.2C10H8.2C2H6/c1-4-12(5-2)11-8-6-10(3)7-9-11;2*1-2-6-10-8-4-3-7-9(10)5-1;2*1-2/h6-9H,4-5H2,1-3H3;2*1-8H;2*1-2H3. The van der Waals surface area contributed by atoms with Crippen LogP contribution < -0.4 is 4.90 Å². The normalized spacial score (nSPS) is 9.19. The molecule has 36 heavy (non-hydrogen) atoms. The predicted octanol–water partition coefficient (Wildman–Crippen LogP) is 10.6. The number of anilines is 1. The third-order valence-electron chi connectivity index (χ3n) is 5.48. The second kappa shape index (κ2) is 18.7. The number of hydrogen-bond acceptors (Lipinski definition) is 1. The van der Waals surface area contributed by atoms with Gasteiger partial charge in [-0.05, 0) is 54.4 Å². The summed E-state index contributed by atoms with van der Waals surface area (Å²) in [7, 11) is 0. The monoisotopic (exact) mass is 479 g/mol. The summed E-state index contributed by atoms with van der Waals surface area (Å²) in [5.74, 6) is 0. The average molecular weight is 480 g/mol. The highest BCUT2D eigenvalue weighted by atomic mass is 15.1. The van der Waals surface area contributed by atoms with Crippen molar-refractivity contribution in [2.45, 2.75) is 48.5 Å². The number of rotatable bonds is 3. The van der Waals surface area contributed by atoms with Crippen molar-refractivity contribution < 1.29 is 0 Å². The Hall–Kier alpha value is -3.58. The van der Waals surface area contributed by atoms with E-state index in [1.165, 1.54) is 32.8 Å². The van der Waals surface area contributed by atoms with Gasteiger partial charge in [-0.1, -0.05) is 142 Å². The van der Waals surface area contributed by atoms with Gasteiger partial charge < -0.3 is 4.90 Å². The topological polar surface area (TPSA) is 3.24 Å². The predicted molar refractivity (Wildman–Crippen MR) is 165 cm³/mol. The lowest BCUT2D eigenvalue weighted by molar-refractivity contribution is 0.866. The van der Waals surface area contributed by atoms with Gasteiger partial charge in [0.15, 0.2) is 0 Å². The van der Waals surface area contributed by atoms with Crippen LogP contribution in [0.25, 0.3) is 21.5 Å². The fourth-order valence-corrected chi connectivity index (χ4v) is 3.61. The molecule has 190 valence electrons. The smallest absolute Gasteiger partial charge is 0.0366 e. The Morgan fingerprint density at radius 3 is 0.889 bits per heavy atom. The zero-order valence-corrected chi connectivity index (χ0v) is 23.4. The highest BCUT2D eigenvalue weighted by Crippen LogP contribution is 2.14. The molecule has 0 saturated heterocycles. The van der Waals surface area contributed by atoms with Crippen molar-refractivity contribution in [2.24, 2.45) is 0 Å². The molecule has 0 saturated carbocycles. The third kappa shape index (κ3) is 10.4. The second-order valence-electron chi connectivity index (χ2n) is 7.70. The Labute approximate surface area is 220 Å². The van der Waals surface area contributed by atoms with E-state index in [1.807, 2.05) is 27.7 Å². The van der Waals surface area contributed by atoms with Crippen LogP contribution >= 0.6 is 0 Å². The summed E-state index contributed by atoms with van der Waals surface area (Å²) in [6, 6.07) is 42.1. The highest BCUT2D eigenvalue weighted by molar-refractivity contribution is 5.82. The van der Waals surface area contributed by atoms with Crippen LogP contribution in [0, 0.1) is 6.92 Å². The molecule has 1 heteroatoms. The lowest BCUT2D eigenvalue weighted by Crippen LogP contribution is -2.21. The van der Waals surface area contributed by atoms with Gasteiger partial charge in [-0.2, -0.15) is 0 Å². The minimum atomic E-state index is 1.08. The molecule has 0 aromatic heterocycles. The molecule has 5 aromatic rings. The minimum absolute atomic E-state index is 1.08. The highest BCUT2D eigenvalue weighted by Gasteiger charge is 1.98. The van der Waals surface area contributed by atoms with Crippen molar-refractivity contribution in [2.75, 3.05) is 18.0 Å². The molecule has 0 aliphatic rings. The Morgan fingerprint density at radius 1 is 0.417 bits per heavy atom. The quantitative estimate of drug-likeness (QED) is 0.249. The second-order valence-corrected chi connectivity index (χ2v) is 7.70. The van der Waals surface area contributed by atoms with E-state index in [0.29, 0.717) is 0 Å². The molecule has 0 N–H and O–H groups in total. The Kier molecular flexibility index (Phi) is 15.8. The zero-order chi connectivity index (χ0) is 26.6. The molecule has 0 bridgehead atoms. The number of benzene rings is 5. The maximum atomic E-state index is 2.35. The summed E-state index contributed by atoms with van der Waals surface area (Å²) >= 11 is 0. The van der Waals surface area contributed by atoms with Crippen LogP contribution in [0.1, 0.15) is 47.1 Å². The molecule has 0 radical (unpaired) electrons. The summed E-state index contributed by atoms with van der Waals surface area (Å²) in [6.07, 6.45) is 0. The first-order chi connectivity index (χ1) is 17.7. The fraction of sp³-hybridized carbons (Fsp3) is 0.257. The van der Waals surface area contributed by atoms with Crippen LogP contribution in [0.5, 0.6) is 0 Å². The van der Waals surface area contributed by atoms with Crippen molar-refractivity contribution in [1.82, 2.24) is 0 Å². The lowest BCUT2D eigenvalue weighted by atomic mass is 10.1. The van der Waals surface area contributed by atoms with Crippen LogP contribution in [-0.4, -0.2) is 13.1 Å². The van der Waals surface area contributed by atoms with E-state index in [0.717, 1.165) is 13.1 Å². The van der Waals surface area contributed by atoms with Crippen molar-refractivity contribution in [1.29, 1.82) is 0 Å². The van der Waals surface area contributed by atoms with Crippen molar-refractivity contribution in [3.8, 4) is 0 Å². The summed E-state index contributed by atoms with van der Waals surface area (Å²) in [5.41, 5.74) is 2.65. The van der Waals surface area contributed by atoms with Gasteiger partial charge in [0, 0.05) is 18.8 Å². The summed E-state index contributed by atoms with van der Waals surface area (Å²) in [4.78, 5) is 2.35. The van der Waals surface area contributed by atoms with Gasteiger partial charge in [-0.15, -0.1) is 0 Å². The van der Waals surface area contributed by atoms with Gasteiger partial charge in [0.1, 0.15) is 0 Å². The van der Waals surface area contributed by atoms with E-state index >= 15 is 0 Å². The number of hydrogen-bond donors (Lipinski definition) is 0. The molecule has 5 aromatic carbocycles. The van der Waals surface area contributed by atoms with E-state index in [9.17, 15) is 0 Å². The first-order valence-corrected chi connectivity index (χ1v) is 13.4. The average Bonchev–Trinajstić information content (AvgIpc) is 2.98. The summed E-state index contributed by atoms with van der Waals surface area (Å²) in [5, 5.41) is 5.24. The minimum Gasteiger partial charge on any atom is -0.372 e. The third-order valence-corrected chi connectivity index (χ3v) is 5.48. The molecular formula is C35H45N. The number of aryl methyl sites for hydroxylation is 1. The van der Waals surface area contributed by atoms with Gasteiger partial charge in [0.05, 0.1) is 0 Å². The van der Waals surface area contributed by atoms with Gasteiger partial charge >= 0.3 is 0 Å². The van der Waals surface area contributed by atoms with Crippen LogP contribution in [0.4, 0.5) is 5.69 Å². The van der Waals surface area contributed by atoms with Crippen LogP contribution in [0.2, 0.25) is 0 Å². The fourth-order valence-electron chi connectivity index (χ4n) is 3.61. The zero-order valence-electron chi connectivity index (χ0n) is 23.4. The van der Waals surface area contributed by atoms with Gasteiger partial charge in [-0.25, -0.2) is 0 Å². The summed E-state index contributed by atoms with van der Waals surface area (Å²) in [6.45, 7) is 16.7. The van der Waals surface area contributed by atoms with Crippen molar-refractivity contribution in [3.63, 3.8) is 0 Å². The van der Waals surface area contributed by atoms with E-state index in [4.69, 9.17) is 0 Å². The van der Waals surface area contributed by atoms with Gasteiger partial charge in [-0.3, -0.25) is 0 Å². The Morgan fingerprint density at radius 2 is 0.667 bits per heavy atom. The number of nitrogens with zero attached hydrogens (tertiary/aromatic N) is 1. The molecule has 1 nitrogen and oxygen atoms in total. The maximum absolute atomic E-state index is 2.35. The molecule has 0 amide bonds. The van der Waals surface area contributed by atoms with Crippen LogP contribution in [-0.2, 0) is 0 Å². The van der Waals surface area contributed by atoms with Gasteiger partial charge in [0.25, 0.3) is 0 Å². The first kappa shape index (κ1) is 30.5. The molecule has 0 aliphatic carbocycles. The SMILES string of the molecule is CC.CC.CCN(CC)c1ccc(C)cc1.c1ccc2ccccc2c1.c1ccc2ccccc2c1. The number of fused-ring (bicyclic) bond motifs is 2. The summed E-state index contributed by atoms with van der Waals surface area (Å²) < 4.78 is 0. The largest absolute Gasteiger partial charge is 0.372 e. The molecule has 0 unspecified atom stereocenters. The Balaban J connectivity index is 0.000000253. The van der Waals surface area contributed by atoms with Crippen LogP contribution in [0.3, 0.4) is 0 Å². The molecule has 0 spiro atoms. The Bertz CT molecular complexity index is 1000. The van der Waals surface area contributed by atoms with E-state index < -0.39 is 0 Å². The lowest BCUT2D eigenvalue weighted by Gasteiger charge is -2.20. The van der Waals surface area contributed by atoms with Crippen LogP contribution in [0.15, 0.2) is 121 Å². The molecule has 0 atom stereocenters. The molecule has 0 aliphatic heterocycles. The molecule has 0 fully saturated rings. The van der Waals surface area contributed by atoms with E-state index in [2.05, 4.69) is 147 Å². The molecular weight excluding hydrogens is 434 g/mol. The van der Waals surface area contributed by atoms with Crippen molar-refractivity contribution in [3.05, 3.63) is 127 Å². The van der Waals surface area contributed by atoms with E-state index in [1.54, 1.807) is 0 Å². The molecule has 0 heterocycles. The molecule has 5 rings (SSSR count). The van der Waals surface area contributed by atoms with Gasteiger partial charge in [0.2, 0.25) is 0 Å².